The highest BCUT2D eigenvalue weighted by Gasteiger charge is 2.48. The van der Waals surface area contributed by atoms with Gasteiger partial charge in [-0.15, -0.1) is 0 Å². The largest absolute Gasteiger partial charge is 0.376 e. The minimum Gasteiger partial charge on any atom is -0.376 e. The molecule has 2 saturated carbocycles. The van der Waals surface area contributed by atoms with Crippen molar-refractivity contribution in [2.24, 2.45) is 28.1 Å². The molecule has 248 valence electrons. The van der Waals surface area contributed by atoms with Crippen LogP contribution in [0.1, 0.15) is 183 Å². The van der Waals surface area contributed by atoms with Crippen LogP contribution in [0.25, 0.3) is 0 Å². The Hall–Kier alpha value is -0.120. The van der Waals surface area contributed by atoms with Crippen molar-refractivity contribution < 1.29 is 14.2 Å². The van der Waals surface area contributed by atoms with Crippen LogP contribution in [0.3, 0.4) is 0 Å². The standard InChI is InChI=1S/C13H26O.C13H28O.C12H24O/c1-11(2,3)10-13(8-7-9-13)14-12(4,5)6;1-10(2)11(12(3,4)5)9-14-13(6,7)8;1-10(2,3)9-12(7-8-12)13-11(4,5)6/h7-10H2,1-6H3;10-11H,9H2,1-8H3;7-9H2,1-6H3. The van der Waals surface area contributed by atoms with Gasteiger partial charge in [0.25, 0.3) is 0 Å². The molecule has 0 bridgehead atoms. The van der Waals surface area contributed by atoms with Crippen molar-refractivity contribution in [2.45, 2.75) is 211 Å². The molecule has 0 radical (unpaired) electrons. The molecule has 2 fully saturated rings. The first-order valence-corrected chi connectivity index (χ1v) is 16.8. The minimum absolute atomic E-state index is 0.00562. The topological polar surface area (TPSA) is 27.7 Å². The Bertz CT molecular complexity index is 691. The van der Waals surface area contributed by atoms with Crippen LogP contribution in [0.2, 0.25) is 0 Å². The quantitative estimate of drug-likeness (QED) is 0.299. The van der Waals surface area contributed by atoms with Crippen molar-refractivity contribution in [3.63, 3.8) is 0 Å². The molecule has 0 saturated heterocycles. The molecule has 0 heterocycles. The van der Waals surface area contributed by atoms with E-state index in [2.05, 4.69) is 138 Å². The Labute approximate surface area is 260 Å². The van der Waals surface area contributed by atoms with Crippen molar-refractivity contribution >= 4 is 0 Å². The third kappa shape index (κ3) is 20.5. The van der Waals surface area contributed by atoms with E-state index in [0.29, 0.717) is 28.1 Å². The van der Waals surface area contributed by atoms with Gasteiger partial charge in [-0.2, -0.15) is 0 Å². The van der Waals surface area contributed by atoms with Crippen molar-refractivity contribution in [2.75, 3.05) is 6.61 Å². The highest BCUT2D eigenvalue weighted by molar-refractivity contribution is 5.00. The van der Waals surface area contributed by atoms with Gasteiger partial charge in [-0.3, -0.25) is 0 Å². The average Bonchev–Trinajstić information content (AvgIpc) is 3.30. The first-order valence-electron chi connectivity index (χ1n) is 16.8. The maximum Gasteiger partial charge on any atom is 0.0696 e. The van der Waals surface area contributed by atoms with Crippen LogP contribution in [-0.4, -0.2) is 34.6 Å². The van der Waals surface area contributed by atoms with Crippen LogP contribution < -0.4 is 0 Å². The zero-order chi connectivity index (χ0) is 32.9. The van der Waals surface area contributed by atoms with Crippen LogP contribution >= 0.6 is 0 Å². The molecule has 0 N–H and O–H groups in total. The summed E-state index contributed by atoms with van der Waals surface area (Å²) in [5.41, 5.74) is 1.52. The second-order valence-electron chi connectivity index (χ2n) is 20.3. The summed E-state index contributed by atoms with van der Waals surface area (Å²) in [5, 5.41) is 0. The summed E-state index contributed by atoms with van der Waals surface area (Å²) in [6.45, 7) is 45.4. The molecule has 3 heteroatoms. The normalized spacial score (nSPS) is 19.8. The van der Waals surface area contributed by atoms with Crippen LogP contribution in [0.15, 0.2) is 0 Å². The SMILES string of the molecule is CC(C)(C)CC1(OC(C)(C)C)CC1.CC(C)(C)CC1(OC(C)(C)C)CCC1.CC(C)C(COC(C)(C)C)C(C)(C)C. The third-order valence-corrected chi connectivity index (χ3v) is 7.44. The molecule has 2 aliphatic carbocycles. The van der Waals surface area contributed by atoms with Crippen LogP contribution in [0.4, 0.5) is 0 Å². The van der Waals surface area contributed by atoms with Crippen molar-refractivity contribution in [3.05, 3.63) is 0 Å². The Morgan fingerprint density at radius 2 is 0.854 bits per heavy atom. The van der Waals surface area contributed by atoms with Crippen molar-refractivity contribution in [1.82, 2.24) is 0 Å². The predicted molar refractivity (Wildman–Crippen MR) is 182 cm³/mol. The van der Waals surface area contributed by atoms with Gasteiger partial charge < -0.3 is 14.2 Å². The predicted octanol–water partition coefficient (Wildman–Crippen LogP) is 12.1. The summed E-state index contributed by atoms with van der Waals surface area (Å²) in [4.78, 5) is 0. The summed E-state index contributed by atoms with van der Waals surface area (Å²) in [5.74, 6) is 1.30. The number of hydrogen-bond donors (Lipinski definition) is 0. The lowest BCUT2D eigenvalue weighted by atomic mass is 9.70. The van der Waals surface area contributed by atoms with Crippen LogP contribution in [0, 0.1) is 28.1 Å². The monoisotopic (exact) mass is 583 g/mol. The smallest absolute Gasteiger partial charge is 0.0696 e. The molecule has 0 aromatic heterocycles. The van der Waals surface area contributed by atoms with Gasteiger partial charge >= 0.3 is 0 Å². The lowest BCUT2D eigenvalue weighted by molar-refractivity contribution is -0.185. The van der Waals surface area contributed by atoms with E-state index in [1.54, 1.807) is 0 Å². The molecule has 0 aromatic rings. The molecule has 0 spiro atoms. The number of ether oxygens (including phenoxy) is 3. The lowest BCUT2D eigenvalue weighted by Crippen LogP contribution is -2.47. The van der Waals surface area contributed by atoms with Gasteiger partial charge in [-0.25, -0.2) is 0 Å². The molecular weight excluding hydrogens is 504 g/mol. The fourth-order valence-electron chi connectivity index (χ4n) is 6.35. The fraction of sp³-hybridized carbons (Fsp3) is 1.00. The summed E-state index contributed by atoms with van der Waals surface area (Å²) >= 11 is 0. The van der Waals surface area contributed by atoms with Crippen LogP contribution in [-0.2, 0) is 14.2 Å². The van der Waals surface area contributed by atoms with Gasteiger partial charge in [-0.1, -0.05) is 76.2 Å². The Morgan fingerprint density at radius 3 is 1.02 bits per heavy atom. The van der Waals surface area contributed by atoms with E-state index in [1.807, 2.05) is 0 Å². The first kappa shape index (κ1) is 40.9. The second-order valence-corrected chi connectivity index (χ2v) is 20.3. The molecule has 1 unspecified atom stereocenters. The van der Waals surface area contributed by atoms with Gasteiger partial charge in [0.1, 0.15) is 0 Å². The highest BCUT2D eigenvalue weighted by atomic mass is 16.5. The van der Waals surface area contributed by atoms with Crippen molar-refractivity contribution in [1.29, 1.82) is 0 Å². The summed E-state index contributed by atoms with van der Waals surface area (Å²) in [6.07, 6.45) is 8.73. The van der Waals surface area contributed by atoms with Gasteiger partial charge in [-0.05, 0) is 135 Å². The average molecular weight is 583 g/mol. The maximum atomic E-state index is 6.24. The molecule has 41 heavy (non-hydrogen) atoms. The van der Waals surface area contributed by atoms with Gasteiger partial charge in [0.2, 0.25) is 0 Å². The minimum atomic E-state index is -0.0155. The number of rotatable bonds is 7. The zero-order valence-electron chi connectivity index (χ0n) is 32.0. The lowest BCUT2D eigenvalue weighted by Gasteiger charge is -2.49. The van der Waals surface area contributed by atoms with Crippen LogP contribution in [0.5, 0.6) is 0 Å². The van der Waals surface area contributed by atoms with E-state index in [4.69, 9.17) is 14.2 Å². The van der Waals surface area contributed by atoms with E-state index in [1.165, 1.54) is 44.9 Å². The summed E-state index contributed by atoms with van der Waals surface area (Å²) < 4.78 is 18.2. The molecule has 3 nitrogen and oxygen atoms in total. The molecule has 0 aliphatic heterocycles. The van der Waals surface area contributed by atoms with Crippen molar-refractivity contribution in [3.8, 4) is 0 Å². The van der Waals surface area contributed by atoms with E-state index in [-0.39, 0.29) is 28.0 Å². The third-order valence-electron chi connectivity index (χ3n) is 7.44. The molecule has 2 rings (SSSR count). The fourth-order valence-corrected chi connectivity index (χ4v) is 6.35. The Kier molecular flexibility index (Phi) is 14.3. The van der Waals surface area contributed by atoms with Gasteiger partial charge in [0.15, 0.2) is 0 Å². The summed E-state index contributed by atoms with van der Waals surface area (Å²) in [7, 11) is 0. The van der Waals surface area contributed by atoms with E-state index in [0.717, 1.165) is 6.61 Å². The van der Waals surface area contributed by atoms with E-state index >= 15 is 0 Å². The molecule has 1 atom stereocenters. The summed E-state index contributed by atoms with van der Waals surface area (Å²) in [6, 6.07) is 0. The molecule has 0 amide bonds. The van der Waals surface area contributed by atoms with E-state index < -0.39 is 0 Å². The number of hydrogen-bond acceptors (Lipinski definition) is 3. The highest BCUT2D eigenvalue weighted by Crippen LogP contribution is 2.50. The first-order chi connectivity index (χ1) is 17.8. The molecule has 0 aromatic carbocycles. The van der Waals surface area contributed by atoms with E-state index in [9.17, 15) is 0 Å². The van der Waals surface area contributed by atoms with Gasteiger partial charge in [0, 0.05) is 0 Å². The zero-order valence-corrected chi connectivity index (χ0v) is 32.0. The maximum absolute atomic E-state index is 6.24. The Morgan fingerprint density at radius 1 is 0.512 bits per heavy atom. The Balaban J connectivity index is 0.000000586. The molecular formula is C38H78O3. The van der Waals surface area contributed by atoms with Gasteiger partial charge in [0.05, 0.1) is 34.6 Å². The molecule has 2 aliphatic rings. The second kappa shape index (κ2) is 14.3.